The van der Waals surface area contributed by atoms with Crippen molar-refractivity contribution in [3.63, 3.8) is 0 Å². The number of aliphatic hydroxyl groups is 3. The van der Waals surface area contributed by atoms with Gasteiger partial charge in [0, 0.05) is 32.7 Å². The second-order valence-electron chi connectivity index (χ2n) is 6.10. The van der Waals surface area contributed by atoms with Crippen molar-refractivity contribution in [3.05, 3.63) is 91.4 Å². The Hall–Kier alpha value is -1.05. The molecule has 0 aliphatic carbocycles. The molecular formula is C23H29F3O3Y-2. The molecule has 30 heavy (non-hydrogen) atoms. The second-order valence-corrected chi connectivity index (χ2v) is 6.10. The normalized spacial score (nSPS) is 15.2. The number of hydrogen-bond acceptors (Lipinski definition) is 3. The van der Waals surface area contributed by atoms with Gasteiger partial charge in [-0.3, -0.25) is 0 Å². The third-order valence-corrected chi connectivity index (χ3v) is 3.48. The Labute approximate surface area is 202 Å². The fourth-order valence-electron chi connectivity index (χ4n) is 1.91. The van der Waals surface area contributed by atoms with Crippen LogP contribution in [0.5, 0.6) is 0 Å². The Balaban J connectivity index is 0. The Morgan fingerprint density at radius 1 is 1.03 bits per heavy atom. The molecular weight excluding hydrogens is 470 g/mol. The predicted molar refractivity (Wildman–Crippen MR) is 110 cm³/mol. The number of halogens is 3. The standard InChI is InChI=1S/C16H25O3.C7H4F3.Y/c1-3-4-12-15(18)16(19)13-10-8-6-5-7-9-11-14(2)17;8-7(9,10)6-4-2-1-3-5-6;/h5-11,13-19H,2-4,12H2,1H3;1-2,4-5H;/q2*-1;/b7-5-,8-6+,11-9+,13-10+;;/t14-,15+,16-;;/m1../s1. The zero-order chi connectivity index (χ0) is 22.1. The summed E-state index contributed by atoms with van der Waals surface area (Å²) < 4.78 is 35.3. The van der Waals surface area contributed by atoms with Crippen LogP contribution in [0.1, 0.15) is 31.7 Å². The molecule has 0 heterocycles. The molecule has 3 N–H and O–H groups in total. The van der Waals surface area contributed by atoms with Crippen molar-refractivity contribution in [1.29, 1.82) is 0 Å². The third kappa shape index (κ3) is 17.8. The topological polar surface area (TPSA) is 60.7 Å². The molecule has 3 atom stereocenters. The van der Waals surface area contributed by atoms with Crippen LogP contribution in [-0.4, -0.2) is 33.6 Å². The molecule has 0 saturated heterocycles. The molecule has 165 valence electrons. The van der Waals surface area contributed by atoms with Crippen molar-refractivity contribution in [1.82, 2.24) is 0 Å². The molecule has 1 aromatic carbocycles. The fraction of sp³-hybridized carbons (Fsp3) is 0.348. The third-order valence-electron chi connectivity index (χ3n) is 3.48. The largest absolute Gasteiger partial charge is 0.421 e. The van der Waals surface area contributed by atoms with E-state index in [9.17, 15) is 23.4 Å². The minimum Gasteiger partial charge on any atom is -0.421 e. The summed E-state index contributed by atoms with van der Waals surface area (Å²) in [6.45, 7) is 5.44. The van der Waals surface area contributed by atoms with Gasteiger partial charge >= 0.3 is 6.18 Å². The van der Waals surface area contributed by atoms with Crippen molar-refractivity contribution in [2.24, 2.45) is 0 Å². The Morgan fingerprint density at radius 3 is 2.03 bits per heavy atom. The van der Waals surface area contributed by atoms with Crippen molar-refractivity contribution >= 4 is 0 Å². The van der Waals surface area contributed by atoms with Crippen molar-refractivity contribution < 1.29 is 61.2 Å². The quantitative estimate of drug-likeness (QED) is 0.337. The molecule has 0 unspecified atom stereocenters. The minimum absolute atomic E-state index is 0. The van der Waals surface area contributed by atoms with Gasteiger partial charge in [-0.15, -0.1) is 0 Å². The van der Waals surface area contributed by atoms with Crippen LogP contribution >= 0.6 is 0 Å². The smallest absolute Gasteiger partial charge is 0.370 e. The maximum absolute atomic E-state index is 11.8. The summed E-state index contributed by atoms with van der Waals surface area (Å²) in [7, 11) is 0. The van der Waals surface area contributed by atoms with Crippen LogP contribution in [0.25, 0.3) is 0 Å². The van der Waals surface area contributed by atoms with E-state index < -0.39 is 30.1 Å². The fourth-order valence-corrected chi connectivity index (χ4v) is 1.91. The van der Waals surface area contributed by atoms with E-state index in [0.29, 0.717) is 6.42 Å². The molecule has 0 aromatic heterocycles. The van der Waals surface area contributed by atoms with E-state index in [2.05, 4.69) is 13.0 Å². The molecule has 0 bridgehead atoms. The summed E-state index contributed by atoms with van der Waals surface area (Å²) in [5, 5.41) is 28.1. The number of unbranched alkanes of at least 4 members (excludes halogenated alkanes) is 1. The van der Waals surface area contributed by atoms with Gasteiger partial charge in [0.2, 0.25) is 0 Å². The number of aliphatic hydroxyl groups excluding tert-OH is 3. The van der Waals surface area contributed by atoms with Gasteiger partial charge < -0.3 is 22.2 Å². The number of allylic oxidation sites excluding steroid dienone is 6. The second kappa shape index (κ2) is 18.7. The van der Waals surface area contributed by atoms with E-state index in [0.717, 1.165) is 25.0 Å². The van der Waals surface area contributed by atoms with Crippen LogP contribution in [0.2, 0.25) is 0 Å². The molecule has 1 aromatic rings. The van der Waals surface area contributed by atoms with Gasteiger partial charge in [0.25, 0.3) is 0 Å². The predicted octanol–water partition coefficient (Wildman–Crippen LogP) is 4.82. The van der Waals surface area contributed by atoms with E-state index >= 15 is 0 Å². The van der Waals surface area contributed by atoms with Crippen molar-refractivity contribution in [2.45, 2.75) is 50.7 Å². The summed E-state index contributed by atoms with van der Waals surface area (Å²) >= 11 is 0. The molecule has 1 radical (unpaired) electrons. The van der Waals surface area contributed by atoms with E-state index in [-0.39, 0.29) is 32.7 Å². The summed E-state index contributed by atoms with van der Waals surface area (Å²) in [5.41, 5.74) is -0.657. The van der Waals surface area contributed by atoms with Crippen LogP contribution in [0.3, 0.4) is 0 Å². The summed E-state index contributed by atoms with van der Waals surface area (Å²) in [4.78, 5) is 0. The zero-order valence-electron chi connectivity index (χ0n) is 17.0. The first-order chi connectivity index (χ1) is 13.7. The summed E-state index contributed by atoms with van der Waals surface area (Å²) in [6.07, 6.45) is 9.75. The molecule has 3 nitrogen and oxygen atoms in total. The first-order valence-electron chi connectivity index (χ1n) is 9.27. The van der Waals surface area contributed by atoms with Crippen LogP contribution in [0, 0.1) is 13.0 Å². The van der Waals surface area contributed by atoms with Crippen LogP contribution in [0.4, 0.5) is 13.2 Å². The molecule has 0 aliphatic heterocycles. The molecule has 0 saturated carbocycles. The summed E-state index contributed by atoms with van der Waals surface area (Å²) in [5.74, 6) is 0. The zero-order valence-corrected chi connectivity index (χ0v) is 19.9. The van der Waals surface area contributed by atoms with E-state index in [1.807, 2.05) is 6.92 Å². The first-order valence-corrected chi connectivity index (χ1v) is 9.27. The average Bonchev–Trinajstić information content (AvgIpc) is 2.68. The van der Waals surface area contributed by atoms with Gasteiger partial charge in [-0.05, 0) is 6.42 Å². The Bertz CT molecular complexity index is 639. The number of hydrogen-bond donors (Lipinski definition) is 3. The molecule has 7 heteroatoms. The molecule has 0 aliphatic rings. The molecule has 1 rings (SSSR count). The van der Waals surface area contributed by atoms with E-state index in [1.54, 1.807) is 48.6 Å². The molecule has 0 amide bonds. The molecule has 0 spiro atoms. The van der Waals surface area contributed by atoms with Gasteiger partial charge in [0.05, 0.1) is 12.2 Å². The SMILES string of the molecule is FC(F)(F)c1c[c-]ccc1.[CH2-][C@@H](O)/C=C/C=C\C=C\C=C\[C@@H](O)[C@@H](O)CCCC.[Y]. The number of alkyl halides is 3. The summed E-state index contributed by atoms with van der Waals surface area (Å²) in [6, 6.07) is 7.01. The van der Waals surface area contributed by atoms with Crippen LogP contribution in [-0.2, 0) is 38.9 Å². The van der Waals surface area contributed by atoms with Crippen LogP contribution < -0.4 is 0 Å². The first kappa shape index (κ1) is 31.1. The van der Waals surface area contributed by atoms with Gasteiger partial charge in [0.15, 0.2) is 0 Å². The minimum atomic E-state index is -4.24. The van der Waals surface area contributed by atoms with E-state index in [4.69, 9.17) is 5.11 Å². The van der Waals surface area contributed by atoms with Crippen LogP contribution in [0.15, 0.2) is 72.9 Å². The Morgan fingerprint density at radius 2 is 1.60 bits per heavy atom. The van der Waals surface area contributed by atoms with E-state index in [1.165, 1.54) is 12.1 Å². The number of benzene rings is 1. The number of rotatable bonds is 9. The van der Waals surface area contributed by atoms with Gasteiger partial charge in [-0.2, -0.15) is 43.5 Å². The molecule has 0 fully saturated rings. The average molecular weight is 499 g/mol. The Kier molecular flexibility index (Phi) is 19.4. The van der Waals surface area contributed by atoms with Crippen molar-refractivity contribution in [3.8, 4) is 0 Å². The van der Waals surface area contributed by atoms with Crippen molar-refractivity contribution in [2.75, 3.05) is 0 Å². The monoisotopic (exact) mass is 499 g/mol. The van der Waals surface area contributed by atoms with Gasteiger partial charge in [-0.1, -0.05) is 80.0 Å². The van der Waals surface area contributed by atoms with Gasteiger partial charge in [-0.25, -0.2) is 0 Å². The maximum atomic E-state index is 11.8. The van der Waals surface area contributed by atoms with Gasteiger partial charge in [0.1, 0.15) is 0 Å². The maximum Gasteiger partial charge on any atom is 0.370 e.